The van der Waals surface area contributed by atoms with Crippen molar-refractivity contribution >= 4 is 30.0 Å². The molecule has 2 aliphatic rings. The zero-order valence-corrected chi connectivity index (χ0v) is 16.9. The van der Waals surface area contributed by atoms with E-state index in [0.29, 0.717) is 5.02 Å². The largest absolute Gasteiger partial charge is 0.468 e. The summed E-state index contributed by atoms with van der Waals surface area (Å²) < 4.78 is 5.06. The first-order valence-electron chi connectivity index (χ1n) is 9.18. The highest BCUT2D eigenvalue weighted by molar-refractivity contribution is 6.30. The molecule has 26 heavy (non-hydrogen) atoms. The molecule has 1 aromatic carbocycles. The summed E-state index contributed by atoms with van der Waals surface area (Å²) in [5, 5.41) is 4.11. The van der Waals surface area contributed by atoms with Crippen molar-refractivity contribution < 1.29 is 9.53 Å². The van der Waals surface area contributed by atoms with E-state index in [-0.39, 0.29) is 24.4 Å². The van der Waals surface area contributed by atoms with Gasteiger partial charge in [0.2, 0.25) is 0 Å². The maximum atomic E-state index is 12.4. The van der Waals surface area contributed by atoms with Gasteiger partial charge in [-0.1, -0.05) is 23.7 Å². The Balaban J connectivity index is 0.00000243. The molecule has 3 rings (SSSR count). The van der Waals surface area contributed by atoms with E-state index >= 15 is 0 Å². The number of rotatable bonds is 5. The Morgan fingerprint density at radius 2 is 1.81 bits per heavy atom. The van der Waals surface area contributed by atoms with E-state index in [9.17, 15) is 4.79 Å². The highest BCUT2D eigenvalue weighted by atomic mass is 35.5. The molecule has 0 amide bonds. The van der Waals surface area contributed by atoms with Gasteiger partial charge in [-0.05, 0) is 49.5 Å². The standard InChI is InChI=1S/C19H28ClN3O2.ClH/c1-25-19(24)18(16-2-4-17(20)5-3-16)23-12-10-22(11-13-23)14-15-6-8-21-9-7-15;/h2-5,15,18,21H,6-14H2,1H3;1H. The molecule has 1 N–H and O–H groups in total. The number of piperazine rings is 1. The van der Waals surface area contributed by atoms with Crippen molar-refractivity contribution in [1.29, 1.82) is 0 Å². The molecule has 0 bridgehead atoms. The van der Waals surface area contributed by atoms with Gasteiger partial charge < -0.3 is 15.0 Å². The lowest BCUT2D eigenvalue weighted by molar-refractivity contribution is -0.148. The smallest absolute Gasteiger partial charge is 0.327 e. The maximum absolute atomic E-state index is 12.4. The van der Waals surface area contributed by atoms with E-state index in [2.05, 4.69) is 15.1 Å². The number of nitrogens with zero attached hydrogens (tertiary/aromatic N) is 2. The third kappa shape index (κ3) is 5.57. The third-order valence-electron chi connectivity index (χ3n) is 5.36. The van der Waals surface area contributed by atoms with E-state index in [1.165, 1.54) is 26.5 Å². The Hall–Kier alpha value is -0.850. The number of hydrogen-bond donors (Lipinski definition) is 1. The van der Waals surface area contributed by atoms with Crippen molar-refractivity contribution in [3.63, 3.8) is 0 Å². The fourth-order valence-electron chi connectivity index (χ4n) is 3.89. The van der Waals surface area contributed by atoms with Crippen LogP contribution < -0.4 is 5.32 Å². The van der Waals surface area contributed by atoms with Crippen LogP contribution in [0.1, 0.15) is 24.4 Å². The summed E-state index contributed by atoms with van der Waals surface area (Å²) in [7, 11) is 1.46. The Bertz CT molecular complexity index is 556. The van der Waals surface area contributed by atoms with E-state index in [1.54, 1.807) is 0 Å². The molecule has 0 radical (unpaired) electrons. The Morgan fingerprint density at radius 1 is 1.19 bits per heavy atom. The molecule has 146 valence electrons. The number of ether oxygens (including phenoxy) is 1. The summed E-state index contributed by atoms with van der Waals surface area (Å²) in [6.45, 7) is 7.24. The monoisotopic (exact) mass is 401 g/mol. The normalized spacial score (nSPS) is 21.0. The van der Waals surface area contributed by atoms with Gasteiger partial charge in [-0.3, -0.25) is 4.90 Å². The van der Waals surface area contributed by atoms with Crippen LogP contribution in [0.3, 0.4) is 0 Å². The number of benzene rings is 1. The van der Waals surface area contributed by atoms with Gasteiger partial charge in [0, 0.05) is 37.7 Å². The van der Waals surface area contributed by atoms with Gasteiger partial charge in [0.05, 0.1) is 7.11 Å². The highest BCUT2D eigenvalue weighted by Crippen LogP contribution is 2.25. The second kappa shape index (κ2) is 10.5. The second-order valence-electron chi connectivity index (χ2n) is 7.01. The lowest BCUT2D eigenvalue weighted by Crippen LogP contribution is -2.50. The molecule has 7 heteroatoms. The first-order chi connectivity index (χ1) is 12.2. The van der Waals surface area contributed by atoms with Crippen molar-refractivity contribution in [1.82, 2.24) is 15.1 Å². The fourth-order valence-corrected chi connectivity index (χ4v) is 4.01. The van der Waals surface area contributed by atoms with Crippen molar-refractivity contribution in [3.05, 3.63) is 34.9 Å². The summed E-state index contributed by atoms with van der Waals surface area (Å²) in [6.07, 6.45) is 2.55. The van der Waals surface area contributed by atoms with Crippen LogP contribution in [0.2, 0.25) is 5.02 Å². The Kier molecular flexibility index (Phi) is 8.64. The highest BCUT2D eigenvalue weighted by Gasteiger charge is 2.31. The summed E-state index contributed by atoms with van der Waals surface area (Å²) in [6, 6.07) is 7.17. The molecule has 0 saturated carbocycles. The number of nitrogens with one attached hydrogen (secondary N) is 1. The minimum absolute atomic E-state index is 0. The van der Waals surface area contributed by atoms with Crippen molar-refractivity contribution in [2.75, 3.05) is 52.9 Å². The molecule has 1 aromatic rings. The van der Waals surface area contributed by atoms with E-state index in [0.717, 1.165) is 50.7 Å². The van der Waals surface area contributed by atoms with Gasteiger partial charge in [-0.15, -0.1) is 12.4 Å². The molecule has 2 saturated heterocycles. The molecule has 0 aliphatic carbocycles. The van der Waals surface area contributed by atoms with Crippen LogP contribution in [0, 0.1) is 5.92 Å². The molecule has 1 atom stereocenters. The molecular formula is C19H29Cl2N3O2. The molecule has 2 aliphatic heterocycles. The lowest BCUT2D eigenvalue weighted by Gasteiger charge is -2.40. The lowest BCUT2D eigenvalue weighted by atomic mass is 9.97. The summed E-state index contributed by atoms with van der Waals surface area (Å²) in [5.74, 6) is 0.606. The predicted octanol–water partition coefficient (Wildman–Crippen LogP) is 2.59. The van der Waals surface area contributed by atoms with Crippen LogP contribution in [0.5, 0.6) is 0 Å². The number of hydrogen-bond acceptors (Lipinski definition) is 5. The van der Waals surface area contributed by atoms with Crippen LogP contribution >= 0.6 is 24.0 Å². The van der Waals surface area contributed by atoms with Gasteiger partial charge in [-0.25, -0.2) is 4.79 Å². The second-order valence-corrected chi connectivity index (χ2v) is 7.44. The van der Waals surface area contributed by atoms with Crippen molar-refractivity contribution in [2.24, 2.45) is 5.92 Å². The zero-order chi connectivity index (χ0) is 17.6. The Labute approximate surface area is 167 Å². The Morgan fingerprint density at radius 3 is 2.38 bits per heavy atom. The van der Waals surface area contributed by atoms with E-state index < -0.39 is 0 Å². The molecule has 0 spiro atoms. The fraction of sp³-hybridized carbons (Fsp3) is 0.632. The minimum Gasteiger partial charge on any atom is -0.468 e. The summed E-state index contributed by atoms with van der Waals surface area (Å²) in [4.78, 5) is 17.2. The number of esters is 1. The average molecular weight is 402 g/mol. The summed E-state index contributed by atoms with van der Waals surface area (Å²) in [5.41, 5.74) is 0.947. The minimum atomic E-state index is -0.344. The van der Waals surface area contributed by atoms with Crippen LogP contribution in [-0.4, -0.2) is 68.7 Å². The molecule has 2 heterocycles. The van der Waals surface area contributed by atoms with Gasteiger partial charge in [0.15, 0.2) is 0 Å². The van der Waals surface area contributed by atoms with Gasteiger partial charge in [-0.2, -0.15) is 0 Å². The van der Waals surface area contributed by atoms with Gasteiger partial charge in [0.1, 0.15) is 6.04 Å². The zero-order valence-electron chi connectivity index (χ0n) is 15.3. The maximum Gasteiger partial charge on any atom is 0.327 e. The molecular weight excluding hydrogens is 373 g/mol. The summed E-state index contributed by atoms with van der Waals surface area (Å²) >= 11 is 5.99. The van der Waals surface area contributed by atoms with Gasteiger partial charge >= 0.3 is 5.97 Å². The molecule has 0 aromatic heterocycles. The number of methoxy groups -OCH3 is 1. The van der Waals surface area contributed by atoms with Crippen LogP contribution in [0.4, 0.5) is 0 Å². The SMILES string of the molecule is COC(=O)C(c1ccc(Cl)cc1)N1CCN(CC2CCNCC2)CC1.Cl. The molecule has 5 nitrogen and oxygen atoms in total. The van der Waals surface area contributed by atoms with E-state index in [1.807, 2.05) is 24.3 Å². The third-order valence-corrected chi connectivity index (χ3v) is 5.61. The molecule has 1 unspecified atom stereocenters. The first kappa shape index (κ1) is 21.5. The molecule has 2 fully saturated rings. The van der Waals surface area contributed by atoms with Crippen molar-refractivity contribution in [3.8, 4) is 0 Å². The predicted molar refractivity (Wildman–Crippen MR) is 107 cm³/mol. The quantitative estimate of drug-likeness (QED) is 0.768. The van der Waals surface area contributed by atoms with Crippen molar-refractivity contribution in [2.45, 2.75) is 18.9 Å². The van der Waals surface area contributed by atoms with E-state index in [4.69, 9.17) is 16.3 Å². The number of carbonyl (C=O) groups is 1. The number of halogens is 2. The number of piperidine rings is 1. The number of carbonyl (C=O) groups excluding carboxylic acids is 1. The topological polar surface area (TPSA) is 44.8 Å². The van der Waals surface area contributed by atoms with Crippen LogP contribution in [0.15, 0.2) is 24.3 Å². The first-order valence-corrected chi connectivity index (χ1v) is 9.55. The van der Waals surface area contributed by atoms with Gasteiger partial charge in [0.25, 0.3) is 0 Å². The van der Waals surface area contributed by atoms with Crippen LogP contribution in [-0.2, 0) is 9.53 Å². The average Bonchev–Trinajstić information content (AvgIpc) is 2.65. The van der Waals surface area contributed by atoms with Crippen LogP contribution in [0.25, 0.3) is 0 Å².